The van der Waals surface area contributed by atoms with Gasteiger partial charge < -0.3 is 15.4 Å². The van der Waals surface area contributed by atoms with Crippen LogP contribution in [0.4, 0.5) is 4.39 Å². The van der Waals surface area contributed by atoms with Crippen LogP contribution in [0.2, 0.25) is 5.02 Å². The fraction of sp³-hybridized carbons (Fsp3) is 0.304. The molecule has 2 aliphatic rings. The second-order valence-electron chi connectivity index (χ2n) is 7.62. The van der Waals surface area contributed by atoms with Gasteiger partial charge in [-0.1, -0.05) is 41.9 Å². The van der Waals surface area contributed by atoms with Crippen molar-refractivity contribution in [2.75, 3.05) is 0 Å². The molecule has 3 unspecified atom stereocenters. The summed E-state index contributed by atoms with van der Waals surface area (Å²) in [7, 11) is 0. The lowest BCUT2D eigenvalue weighted by Gasteiger charge is -2.39. The first-order valence-corrected chi connectivity index (χ1v) is 10.3. The second kappa shape index (κ2) is 8.88. The lowest BCUT2D eigenvalue weighted by Crippen LogP contribution is -2.54. The second-order valence-corrected chi connectivity index (χ2v) is 8.03. The minimum absolute atomic E-state index is 0.0653. The summed E-state index contributed by atoms with van der Waals surface area (Å²) in [5.74, 6) is -0.638. The highest BCUT2D eigenvalue weighted by atomic mass is 35.5. The molecule has 1 aliphatic carbocycles. The number of hydrogen-bond donors (Lipinski definition) is 2. The molecule has 1 saturated carbocycles. The zero-order valence-electron chi connectivity index (χ0n) is 16.2. The third-order valence-corrected chi connectivity index (χ3v) is 5.89. The highest BCUT2D eigenvalue weighted by Crippen LogP contribution is 2.32. The summed E-state index contributed by atoms with van der Waals surface area (Å²) in [5, 5.41) is 6.42. The van der Waals surface area contributed by atoms with Crippen molar-refractivity contribution >= 4 is 29.5 Å². The van der Waals surface area contributed by atoms with E-state index in [0.29, 0.717) is 30.8 Å². The molecule has 30 heavy (non-hydrogen) atoms. The summed E-state index contributed by atoms with van der Waals surface area (Å²) in [6, 6.07) is 13.1. The molecule has 2 amide bonds. The molecule has 0 radical (unpaired) electrons. The normalized spacial score (nSPS) is 24.5. The van der Waals surface area contributed by atoms with E-state index in [9.17, 15) is 14.0 Å². The van der Waals surface area contributed by atoms with Gasteiger partial charge in [-0.25, -0.2) is 4.39 Å². The largest absolute Gasteiger partial charge is 0.483 e. The number of ether oxygens (including phenoxy) is 1. The molecular weight excluding hydrogens is 407 g/mol. The van der Waals surface area contributed by atoms with Gasteiger partial charge in [0.15, 0.2) is 5.76 Å². The average molecular weight is 429 g/mol. The first kappa shape index (κ1) is 20.4. The maximum Gasteiger partial charge on any atom is 0.286 e. The number of carbonyl (C=O) groups excluding carboxylic acids is 2. The van der Waals surface area contributed by atoms with Crippen molar-refractivity contribution in [1.29, 1.82) is 0 Å². The molecule has 7 heteroatoms. The van der Waals surface area contributed by atoms with Crippen LogP contribution in [0.25, 0.3) is 6.08 Å². The van der Waals surface area contributed by atoms with Crippen LogP contribution in [0.15, 0.2) is 54.3 Å². The number of benzene rings is 2. The highest BCUT2D eigenvalue weighted by Gasteiger charge is 2.40. The Morgan fingerprint density at radius 1 is 1.20 bits per heavy atom. The number of morpholine rings is 1. The summed E-state index contributed by atoms with van der Waals surface area (Å²) in [6.07, 6.45) is 3.34. The van der Waals surface area contributed by atoms with Gasteiger partial charge in [0.25, 0.3) is 5.91 Å². The van der Waals surface area contributed by atoms with Crippen LogP contribution >= 0.6 is 11.6 Å². The Hall–Kier alpha value is -2.86. The molecule has 5 nitrogen and oxygen atoms in total. The van der Waals surface area contributed by atoms with Crippen LogP contribution < -0.4 is 10.6 Å². The summed E-state index contributed by atoms with van der Waals surface area (Å²) >= 11 is 6.17. The molecule has 0 bridgehead atoms. The summed E-state index contributed by atoms with van der Waals surface area (Å²) < 4.78 is 18.9. The average Bonchev–Trinajstić information content (AvgIpc) is 2.75. The number of fused-ring (bicyclic) bond motifs is 1. The molecular formula is C23H22ClFN2O3. The number of amides is 2. The zero-order valence-corrected chi connectivity index (χ0v) is 17.0. The van der Waals surface area contributed by atoms with Crippen molar-refractivity contribution in [3.05, 3.63) is 76.3 Å². The Kier molecular flexibility index (Phi) is 6.04. The lowest BCUT2D eigenvalue weighted by molar-refractivity contribution is -0.134. The van der Waals surface area contributed by atoms with E-state index in [1.54, 1.807) is 24.3 Å². The van der Waals surface area contributed by atoms with Crippen molar-refractivity contribution < 1.29 is 18.7 Å². The number of halogens is 2. The van der Waals surface area contributed by atoms with Crippen LogP contribution in [0, 0.1) is 11.7 Å². The van der Waals surface area contributed by atoms with Crippen LogP contribution in [0.3, 0.4) is 0 Å². The molecule has 1 heterocycles. The summed E-state index contributed by atoms with van der Waals surface area (Å²) in [5.41, 5.74) is 1.55. The van der Waals surface area contributed by atoms with E-state index in [4.69, 9.17) is 16.3 Å². The van der Waals surface area contributed by atoms with Gasteiger partial charge in [-0.15, -0.1) is 0 Å². The first-order chi connectivity index (χ1) is 14.5. The molecule has 2 N–H and O–H groups in total. The Morgan fingerprint density at radius 2 is 1.97 bits per heavy atom. The lowest BCUT2D eigenvalue weighted by atomic mass is 9.82. The van der Waals surface area contributed by atoms with Crippen LogP contribution in [0.5, 0.6) is 0 Å². The van der Waals surface area contributed by atoms with Gasteiger partial charge in [0.2, 0.25) is 5.91 Å². The smallest absolute Gasteiger partial charge is 0.286 e. The van der Waals surface area contributed by atoms with E-state index in [1.165, 1.54) is 12.1 Å². The Bertz CT molecular complexity index is 977. The topological polar surface area (TPSA) is 67.4 Å². The highest BCUT2D eigenvalue weighted by molar-refractivity contribution is 6.32. The molecule has 2 aromatic rings. The predicted octanol–water partition coefficient (Wildman–Crippen LogP) is 3.82. The van der Waals surface area contributed by atoms with E-state index in [-0.39, 0.29) is 41.5 Å². The van der Waals surface area contributed by atoms with Crippen molar-refractivity contribution in [3.63, 3.8) is 0 Å². The van der Waals surface area contributed by atoms with E-state index < -0.39 is 0 Å². The molecule has 2 fully saturated rings. The molecule has 0 spiro atoms. The molecule has 2 aromatic carbocycles. The third-order valence-electron chi connectivity index (χ3n) is 5.55. The Morgan fingerprint density at radius 3 is 2.73 bits per heavy atom. The maximum atomic E-state index is 13.0. The number of hydrogen-bond acceptors (Lipinski definition) is 3. The minimum atomic E-state index is -0.306. The van der Waals surface area contributed by atoms with Crippen molar-refractivity contribution in [1.82, 2.24) is 10.6 Å². The molecule has 156 valence electrons. The van der Waals surface area contributed by atoms with Gasteiger partial charge in [0.1, 0.15) is 11.9 Å². The molecule has 3 atom stereocenters. The maximum absolute atomic E-state index is 13.0. The van der Waals surface area contributed by atoms with Crippen molar-refractivity contribution in [2.45, 2.75) is 38.0 Å². The quantitative estimate of drug-likeness (QED) is 0.727. The monoisotopic (exact) mass is 428 g/mol. The van der Waals surface area contributed by atoms with Gasteiger partial charge in [-0.3, -0.25) is 9.59 Å². The Labute approximate surface area is 179 Å². The van der Waals surface area contributed by atoms with E-state index in [2.05, 4.69) is 10.6 Å². The SMILES string of the molecule is O=C1NC2CC(C(=O)NCc3ccc(F)cc3)CCC2O/C1=C\c1ccccc1Cl. The first-order valence-electron chi connectivity index (χ1n) is 9.95. The van der Waals surface area contributed by atoms with Gasteiger partial charge in [-0.05, 0) is 54.7 Å². The van der Waals surface area contributed by atoms with E-state index in [0.717, 1.165) is 11.1 Å². The number of nitrogens with one attached hydrogen (secondary N) is 2. The molecule has 4 rings (SSSR count). The summed E-state index contributed by atoms with van der Waals surface area (Å²) in [4.78, 5) is 25.1. The zero-order chi connectivity index (χ0) is 21.1. The Balaban J connectivity index is 1.35. The van der Waals surface area contributed by atoms with Crippen LogP contribution in [0.1, 0.15) is 30.4 Å². The van der Waals surface area contributed by atoms with Crippen molar-refractivity contribution in [2.24, 2.45) is 5.92 Å². The molecule has 1 aliphatic heterocycles. The van der Waals surface area contributed by atoms with Gasteiger partial charge >= 0.3 is 0 Å². The predicted molar refractivity (Wildman–Crippen MR) is 112 cm³/mol. The third kappa shape index (κ3) is 4.65. The van der Waals surface area contributed by atoms with Gasteiger partial charge in [0.05, 0.1) is 6.04 Å². The van der Waals surface area contributed by atoms with Gasteiger partial charge in [0, 0.05) is 17.5 Å². The minimum Gasteiger partial charge on any atom is -0.483 e. The standard InChI is InChI=1S/C23H22ClFN2O3/c24-18-4-2-1-3-15(18)12-21-23(29)27-19-11-16(7-10-20(19)30-21)22(28)26-13-14-5-8-17(25)9-6-14/h1-6,8-9,12,16,19-20H,7,10-11,13H2,(H,26,28)(H,27,29)/b21-12-. The van der Waals surface area contributed by atoms with Crippen molar-refractivity contribution in [3.8, 4) is 0 Å². The fourth-order valence-electron chi connectivity index (χ4n) is 3.90. The number of carbonyl (C=O) groups is 2. The molecule has 1 saturated heterocycles. The summed E-state index contributed by atoms with van der Waals surface area (Å²) in [6.45, 7) is 0.345. The van der Waals surface area contributed by atoms with E-state index >= 15 is 0 Å². The van der Waals surface area contributed by atoms with Crippen LogP contribution in [-0.2, 0) is 20.9 Å². The fourth-order valence-corrected chi connectivity index (χ4v) is 4.09. The molecule has 0 aromatic heterocycles. The van der Waals surface area contributed by atoms with Gasteiger partial charge in [-0.2, -0.15) is 0 Å². The number of rotatable bonds is 4. The van der Waals surface area contributed by atoms with Crippen LogP contribution in [-0.4, -0.2) is 24.0 Å². The van der Waals surface area contributed by atoms with E-state index in [1.807, 2.05) is 18.2 Å².